The maximum atomic E-state index is 12.7. The third kappa shape index (κ3) is 3.85. The van der Waals surface area contributed by atoms with E-state index in [-0.39, 0.29) is 17.4 Å². The van der Waals surface area contributed by atoms with Gasteiger partial charge in [-0.3, -0.25) is 9.59 Å². The van der Waals surface area contributed by atoms with E-state index in [0.29, 0.717) is 23.4 Å². The number of amides is 1. The number of aryl methyl sites for hydroxylation is 1. The lowest BCUT2D eigenvalue weighted by molar-refractivity contribution is -0.126. The summed E-state index contributed by atoms with van der Waals surface area (Å²) in [7, 11) is 0. The van der Waals surface area contributed by atoms with Crippen LogP contribution in [-0.2, 0) is 9.53 Å². The van der Waals surface area contributed by atoms with Crippen molar-refractivity contribution in [3.8, 4) is 0 Å². The number of aromatic amines is 1. The summed E-state index contributed by atoms with van der Waals surface area (Å²) >= 11 is 0. The minimum atomic E-state index is -0.952. The first-order chi connectivity index (χ1) is 12.3. The van der Waals surface area contributed by atoms with Gasteiger partial charge in [0.25, 0.3) is 5.91 Å². The first-order valence-electron chi connectivity index (χ1n) is 8.55. The van der Waals surface area contributed by atoms with Gasteiger partial charge in [-0.05, 0) is 52.3 Å². The van der Waals surface area contributed by atoms with Crippen LogP contribution in [0.1, 0.15) is 52.9 Å². The molecule has 138 valence electrons. The smallest absolute Gasteiger partial charge is 0.355 e. The van der Waals surface area contributed by atoms with E-state index in [0.717, 1.165) is 5.69 Å². The molecule has 0 aliphatic heterocycles. The third-order valence-corrected chi connectivity index (χ3v) is 4.28. The first-order valence-corrected chi connectivity index (χ1v) is 8.55. The van der Waals surface area contributed by atoms with Crippen molar-refractivity contribution in [2.75, 3.05) is 11.4 Å². The second-order valence-electron chi connectivity index (χ2n) is 6.15. The number of Topliss-reactive ketones (excluding diaryl/α,β-unsaturated/α-hetero) is 1. The van der Waals surface area contributed by atoms with Gasteiger partial charge in [-0.1, -0.05) is 18.2 Å². The molecule has 1 atom stereocenters. The lowest BCUT2D eigenvalue weighted by Gasteiger charge is -2.24. The molecule has 0 bridgehead atoms. The number of ether oxygens (including phenoxy) is 1. The molecule has 1 amide bonds. The van der Waals surface area contributed by atoms with Gasteiger partial charge in [-0.15, -0.1) is 0 Å². The van der Waals surface area contributed by atoms with Gasteiger partial charge in [0.1, 0.15) is 5.69 Å². The number of likely N-dealkylation sites (N-methyl/N-ethyl adjacent to an activating group) is 1. The fraction of sp³-hybridized carbons (Fsp3) is 0.350. The molecule has 0 spiro atoms. The number of rotatable bonds is 6. The molecule has 0 aliphatic rings. The monoisotopic (exact) mass is 356 g/mol. The van der Waals surface area contributed by atoms with Crippen LogP contribution < -0.4 is 4.90 Å². The van der Waals surface area contributed by atoms with Crippen LogP contribution in [0, 0.1) is 13.8 Å². The Balaban J connectivity index is 2.17. The first kappa shape index (κ1) is 19.4. The number of hydrogen-bond acceptors (Lipinski definition) is 4. The maximum absolute atomic E-state index is 12.7. The average molecular weight is 356 g/mol. The maximum Gasteiger partial charge on any atom is 0.355 e. The number of nitrogens with zero attached hydrogens (tertiary/aromatic N) is 1. The molecule has 0 radical (unpaired) electrons. The van der Waals surface area contributed by atoms with Crippen molar-refractivity contribution in [3.05, 3.63) is 52.8 Å². The van der Waals surface area contributed by atoms with Crippen LogP contribution in [0.2, 0.25) is 0 Å². The second-order valence-corrected chi connectivity index (χ2v) is 6.15. The Hall–Kier alpha value is -2.89. The number of hydrogen-bond donors (Lipinski definition) is 1. The summed E-state index contributed by atoms with van der Waals surface area (Å²) in [6.07, 6.45) is -0.952. The van der Waals surface area contributed by atoms with E-state index < -0.39 is 12.1 Å². The third-order valence-electron chi connectivity index (χ3n) is 4.28. The van der Waals surface area contributed by atoms with Crippen molar-refractivity contribution in [2.24, 2.45) is 0 Å². The Bertz CT molecular complexity index is 824. The average Bonchev–Trinajstić information content (AvgIpc) is 2.91. The van der Waals surface area contributed by atoms with Gasteiger partial charge in [-0.25, -0.2) is 4.79 Å². The summed E-state index contributed by atoms with van der Waals surface area (Å²) < 4.78 is 5.36. The number of benzene rings is 1. The van der Waals surface area contributed by atoms with Gasteiger partial charge in [0.2, 0.25) is 0 Å². The van der Waals surface area contributed by atoms with E-state index in [1.54, 1.807) is 25.7 Å². The standard InChI is InChI=1S/C20H24N2O4/c1-6-22(16-10-8-7-9-11-16)19(24)15(5)26-20(25)18-12(2)17(14(4)23)13(3)21-18/h7-11,15,21H,6H2,1-5H3. The summed E-state index contributed by atoms with van der Waals surface area (Å²) in [5.41, 5.74) is 2.58. The van der Waals surface area contributed by atoms with Crippen molar-refractivity contribution in [1.82, 2.24) is 4.98 Å². The van der Waals surface area contributed by atoms with Crippen LogP contribution in [0.15, 0.2) is 30.3 Å². The topological polar surface area (TPSA) is 79.5 Å². The SMILES string of the molecule is CCN(C(=O)C(C)OC(=O)c1[nH]c(C)c(C(C)=O)c1C)c1ccccc1. The summed E-state index contributed by atoms with van der Waals surface area (Å²) in [5.74, 6) is -1.08. The highest BCUT2D eigenvalue weighted by Crippen LogP contribution is 2.20. The van der Waals surface area contributed by atoms with Crippen LogP contribution in [0.25, 0.3) is 0 Å². The van der Waals surface area contributed by atoms with Gasteiger partial charge in [0.15, 0.2) is 11.9 Å². The van der Waals surface area contributed by atoms with E-state index in [4.69, 9.17) is 4.74 Å². The highest BCUT2D eigenvalue weighted by molar-refractivity contribution is 6.02. The lowest BCUT2D eigenvalue weighted by atomic mass is 10.1. The van der Waals surface area contributed by atoms with E-state index in [9.17, 15) is 14.4 Å². The van der Waals surface area contributed by atoms with Crippen LogP contribution in [0.3, 0.4) is 0 Å². The Kier molecular flexibility index (Phi) is 5.97. The zero-order valence-electron chi connectivity index (χ0n) is 15.8. The predicted molar refractivity (Wildman–Crippen MR) is 99.6 cm³/mol. The summed E-state index contributed by atoms with van der Waals surface area (Å²) in [4.78, 5) is 41.3. The molecular formula is C20H24N2O4. The highest BCUT2D eigenvalue weighted by atomic mass is 16.5. The van der Waals surface area contributed by atoms with E-state index in [1.165, 1.54) is 6.92 Å². The molecule has 1 aromatic carbocycles. The van der Waals surface area contributed by atoms with Crippen molar-refractivity contribution in [1.29, 1.82) is 0 Å². The number of ketones is 1. The van der Waals surface area contributed by atoms with Crippen molar-refractivity contribution in [3.63, 3.8) is 0 Å². The molecule has 1 unspecified atom stereocenters. The molecule has 26 heavy (non-hydrogen) atoms. The summed E-state index contributed by atoms with van der Waals surface area (Å²) in [6.45, 7) is 8.72. The minimum absolute atomic E-state index is 0.124. The fourth-order valence-corrected chi connectivity index (χ4v) is 3.05. The molecular weight excluding hydrogens is 332 g/mol. The number of carbonyl (C=O) groups excluding carboxylic acids is 3. The molecule has 6 nitrogen and oxygen atoms in total. The molecule has 0 fully saturated rings. The fourth-order valence-electron chi connectivity index (χ4n) is 3.05. The lowest BCUT2D eigenvalue weighted by Crippen LogP contribution is -2.40. The zero-order valence-corrected chi connectivity index (χ0v) is 15.8. The largest absolute Gasteiger partial charge is 0.448 e. The van der Waals surface area contributed by atoms with Gasteiger partial charge in [0, 0.05) is 23.5 Å². The van der Waals surface area contributed by atoms with Gasteiger partial charge < -0.3 is 14.6 Å². The molecule has 1 aromatic heterocycles. The summed E-state index contributed by atoms with van der Waals surface area (Å²) in [6, 6.07) is 9.21. The minimum Gasteiger partial charge on any atom is -0.448 e. The number of para-hydroxylation sites is 1. The Labute approximate surface area is 153 Å². The normalized spacial score (nSPS) is 11.7. The van der Waals surface area contributed by atoms with Gasteiger partial charge in [0.05, 0.1) is 0 Å². The zero-order chi connectivity index (χ0) is 19.4. The van der Waals surface area contributed by atoms with Crippen LogP contribution in [0.4, 0.5) is 5.69 Å². The molecule has 0 saturated heterocycles. The quantitative estimate of drug-likeness (QED) is 0.635. The van der Waals surface area contributed by atoms with Crippen LogP contribution in [-0.4, -0.2) is 35.3 Å². The van der Waals surface area contributed by atoms with Crippen molar-refractivity contribution >= 4 is 23.3 Å². The van der Waals surface area contributed by atoms with E-state index in [2.05, 4.69) is 4.98 Å². The number of nitrogens with one attached hydrogen (secondary N) is 1. The Morgan fingerprint density at radius 2 is 1.77 bits per heavy atom. The van der Waals surface area contributed by atoms with Crippen molar-refractivity contribution in [2.45, 2.75) is 40.7 Å². The molecule has 1 N–H and O–H groups in total. The number of aromatic nitrogens is 1. The van der Waals surface area contributed by atoms with Gasteiger partial charge in [-0.2, -0.15) is 0 Å². The molecule has 0 aliphatic carbocycles. The Morgan fingerprint density at radius 1 is 1.15 bits per heavy atom. The molecule has 1 heterocycles. The molecule has 6 heteroatoms. The number of esters is 1. The Morgan fingerprint density at radius 3 is 2.27 bits per heavy atom. The van der Waals surface area contributed by atoms with E-state index in [1.807, 2.05) is 37.3 Å². The molecule has 2 aromatic rings. The van der Waals surface area contributed by atoms with Crippen LogP contribution >= 0.6 is 0 Å². The second kappa shape index (κ2) is 7.99. The van der Waals surface area contributed by atoms with Crippen molar-refractivity contribution < 1.29 is 19.1 Å². The predicted octanol–water partition coefficient (Wildman–Crippen LogP) is 3.43. The molecule has 2 rings (SSSR count). The number of H-pyrrole nitrogens is 1. The number of carbonyl (C=O) groups is 3. The van der Waals surface area contributed by atoms with Gasteiger partial charge >= 0.3 is 5.97 Å². The number of anilines is 1. The van der Waals surface area contributed by atoms with Crippen LogP contribution in [0.5, 0.6) is 0 Å². The molecule has 0 saturated carbocycles. The van der Waals surface area contributed by atoms with E-state index >= 15 is 0 Å². The highest BCUT2D eigenvalue weighted by Gasteiger charge is 2.27. The summed E-state index contributed by atoms with van der Waals surface area (Å²) in [5, 5.41) is 0.